The molecule has 0 spiro atoms. The van der Waals surface area contributed by atoms with Gasteiger partial charge in [-0.25, -0.2) is 23.4 Å². The van der Waals surface area contributed by atoms with E-state index in [2.05, 4.69) is 19.9 Å². The van der Waals surface area contributed by atoms with Crippen LogP contribution in [0.1, 0.15) is 11.3 Å². The maximum absolute atomic E-state index is 12.8. The highest BCUT2D eigenvalue weighted by Gasteiger charge is 2.45. The average Bonchev–Trinajstić information content (AvgIpc) is 3.24. The second kappa shape index (κ2) is 5.77. The summed E-state index contributed by atoms with van der Waals surface area (Å²) in [5, 5.41) is 0.117. The molecule has 0 aromatic carbocycles. The van der Waals surface area contributed by atoms with Crippen LogP contribution in [-0.4, -0.2) is 58.4 Å². The number of hydrogen-bond donors (Lipinski definition) is 0. The minimum absolute atomic E-state index is 0.117. The zero-order valence-corrected chi connectivity index (χ0v) is 15.4. The van der Waals surface area contributed by atoms with Crippen molar-refractivity contribution in [2.45, 2.75) is 19.0 Å². The third-order valence-electron chi connectivity index (χ3n) is 5.41. The van der Waals surface area contributed by atoms with Crippen molar-refractivity contribution in [1.29, 1.82) is 0 Å². The summed E-state index contributed by atoms with van der Waals surface area (Å²) >= 11 is 0. The van der Waals surface area contributed by atoms with E-state index in [0.29, 0.717) is 24.9 Å². The Hall–Kier alpha value is -2.00. The third-order valence-corrected chi connectivity index (χ3v) is 7.24. The summed E-state index contributed by atoms with van der Waals surface area (Å²) in [4.78, 5) is 15.0. The largest absolute Gasteiger partial charge is 0.356 e. The summed E-state index contributed by atoms with van der Waals surface area (Å²) in [7, 11) is -1.82. The first-order valence-electron chi connectivity index (χ1n) is 8.38. The van der Waals surface area contributed by atoms with Crippen LogP contribution >= 0.6 is 0 Å². The van der Waals surface area contributed by atoms with Gasteiger partial charge in [-0.2, -0.15) is 4.31 Å². The van der Waals surface area contributed by atoms with Gasteiger partial charge in [0.25, 0.3) is 10.0 Å². The smallest absolute Gasteiger partial charge is 0.277 e. The molecule has 0 N–H and O–H groups in total. The molecule has 2 aliphatic heterocycles. The predicted octanol–water partition coefficient (Wildman–Crippen LogP) is 0.584. The standard InChI is InChI=1S/C16H22N6O2S/c1-11-12(2)18-10-19-15(11)21-6-13-8-22(9-14(13)7-21)25(23,24)16-17-4-5-20(16)3/h4-5,10,13-14H,6-9H2,1-3H3. The van der Waals surface area contributed by atoms with E-state index in [9.17, 15) is 8.42 Å². The Bertz CT molecular complexity index is 895. The lowest BCUT2D eigenvalue weighted by Gasteiger charge is -2.23. The number of fused-ring (bicyclic) bond motifs is 1. The van der Waals surface area contributed by atoms with Crippen molar-refractivity contribution in [3.8, 4) is 0 Å². The lowest BCUT2D eigenvalue weighted by Crippen LogP contribution is -2.34. The number of anilines is 1. The van der Waals surface area contributed by atoms with Crippen molar-refractivity contribution in [3.63, 3.8) is 0 Å². The van der Waals surface area contributed by atoms with Gasteiger partial charge < -0.3 is 9.47 Å². The number of hydrogen-bond acceptors (Lipinski definition) is 6. The number of sulfonamides is 1. The molecule has 0 amide bonds. The lowest BCUT2D eigenvalue weighted by molar-refractivity contribution is 0.444. The second-order valence-corrected chi connectivity index (χ2v) is 8.81. The third kappa shape index (κ3) is 2.62. The molecule has 4 rings (SSSR count). The van der Waals surface area contributed by atoms with Crippen molar-refractivity contribution in [2.75, 3.05) is 31.1 Å². The van der Waals surface area contributed by atoms with Crippen LogP contribution in [0, 0.1) is 25.7 Å². The van der Waals surface area contributed by atoms with Crippen molar-refractivity contribution in [3.05, 3.63) is 30.0 Å². The zero-order valence-electron chi connectivity index (χ0n) is 14.6. The fourth-order valence-electron chi connectivity index (χ4n) is 3.88. The van der Waals surface area contributed by atoms with E-state index in [-0.39, 0.29) is 5.16 Å². The SMILES string of the molecule is Cc1ncnc(N2CC3CN(S(=O)(=O)c4nccn4C)CC3C2)c1C. The molecule has 2 atom stereocenters. The summed E-state index contributed by atoms with van der Waals surface area (Å²) in [5.41, 5.74) is 2.08. The van der Waals surface area contributed by atoms with E-state index in [1.54, 1.807) is 28.4 Å². The maximum Gasteiger partial charge on any atom is 0.277 e. The van der Waals surface area contributed by atoms with E-state index in [1.807, 2.05) is 13.8 Å². The van der Waals surface area contributed by atoms with Crippen LogP contribution in [0.15, 0.2) is 23.9 Å². The lowest BCUT2D eigenvalue weighted by atomic mass is 10.0. The summed E-state index contributed by atoms with van der Waals surface area (Å²) in [6.07, 6.45) is 4.78. The number of nitrogens with zero attached hydrogens (tertiary/aromatic N) is 6. The monoisotopic (exact) mass is 362 g/mol. The fraction of sp³-hybridized carbons (Fsp3) is 0.562. The van der Waals surface area contributed by atoms with Gasteiger partial charge in [-0.3, -0.25) is 0 Å². The van der Waals surface area contributed by atoms with Gasteiger partial charge in [0.2, 0.25) is 5.16 Å². The molecular weight excluding hydrogens is 340 g/mol. The first-order chi connectivity index (χ1) is 11.9. The summed E-state index contributed by atoms with van der Waals surface area (Å²) in [5.74, 6) is 1.62. The topological polar surface area (TPSA) is 84.2 Å². The normalized spacial score (nSPS) is 24.0. The number of rotatable bonds is 3. The molecule has 8 nitrogen and oxygen atoms in total. The van der Waals surface area contributed by atoms with E-state index >= 15 is 0 Å². The molecule has 2 fully saturated rings. The molecule has 134 valence electrons. The molecule has 2 aromatic heterocycles. The van der Waals surface area contributed by atoms with E-state index < -0.39 is 10.0 Å². The molecule has 2 saturated heterocycles. The zero-order chi connectivity index (χ0) is 17.8. The van der Waals surface area contributed by atoms with E-state index in [4.69, 9.17) is 0 Å². The van der Waals surface area contributed by atoms with Crippen LogP contribution < -0.4 is 4.90 Å². The van der Waals surface area contributed by atoms with E-state index in [1.165, 1.54) is 6.20 Å². The highest BCUT2D eigenvalue weighted by molar-refractivity contribution is 7.89. The first-order valence-corrected chi connectivity index (χ1v) is 9.82. The van der Waals surface area contributed by atoms with Crippen molar-refractivity contribution in [1.82, 2.24) is 23.8 Å². The number of aryl methyl sites for hydroxylation is 2. The molecule has 25 heavy (non-hydrogen) atoms. The average molecular weight is 362 g/mol. The fourth-order valence-corrected chi connectivity index (χ4v) is 5.50. The summed E-state index contributed by atoms with van der Waals surface area (Å²) in [6, 6.07) is 0. The molecule has 9 heteroatoms. The van der Waals surface area contributed by atoms with Crippen LogP contribution in [0.5, 0.6) is 0 Å². The molecular formula is C16H22N6O2S. The Morgan fingerprint density at radius 3 is 2.32 bits per heavy atom. The number of aromatic nitrogens is 4. The van der Waals surface area contributed by atoms with Gasteiger partial charge in [-0.1, -0.05) is 0 Å². The van der Waals surface area contributed by atoms with Crippen molar-refractivity contribution in [2.24, 2.45) is 18.9 Å². The molecule has 0 aliphatic carbocycles. The summed E-state index contributed by atoms with van der Waals surface area (Å²) < 4.78 is 28.8. The van der Waals surface area contributed by atoms with Gasteiger partial charge >= 0.3 is 0 Å². The van der Waals surface area contributed by atoms with Gasteiger partial charge in [0.05, 0.1) is 0 Å². The Kier molecular flexibility index (Phi) is 3.80. The van der Waals surface area contributed by atoms with Gasteiger partial charge in [-0.15, -0.1) is 0 Å². The molecule has 0 saturated carbocycles. The minimum atomic E-state index is -3.52. The quantitative estimate of drug-likeness (QED) is 0.794. The Balaban J connectivity index is 1.51. The van der Waals surface area contributed by atoms with Crippen molar-refractivity contribution >= 4 is 15.8 Å². The summed E-state index contributed by atoms with van der Waals surface area (Å²) in [6.45, 7) is 6.76. The van der Waals surface area contributed by atoms with Crippen LogP contribution in [0.25, 0.3) is 0 Å². The second-order valence-electron chi connectivity index (χ2n) is 6.98. The molecule has 4 heterocycles. The first kappa shape index (κ1) is 16.5. The van der Waals surface area contributed by atoms with Gasteiger partial charge in [0.15, 0.2) is 0 Å². The Morgan fingerprint density at radius 2 is 1.72 bits per heavy atom. The van der Waals surface area contributed by atoms with Gasteiger partial charge in [0, 0.05) is 56.9 Å². The van der Waals surface area contributed by atoms with Crippen LogP contribution in [-0.2, 0) is 17.1 Å². The highest BCUT2D eigenvalue weighted by Crippen LogP contribution is 2.36. The minimum Gasteiger partial charge on any atom is -0.356 e. The Labute approximate surface area is 147 Å². The molecule has 0 radical (unpaired) electrons. The van der Waals surface area contributed by atoms with E-state index in [0.717, 1.165) is 30.2 Å². The van der Waals surface area contributed by atoms with Gasteiger partial charge in [0.1, 0.15) is 12.1 Å². The predicted molar refractivity (Wildman–Crippen MR) is 92.7 cm³/mol. The van der Waals surface area contributed by atoms with Crippen LogP contribution in [0.3, 0.4) is 0 Å². The number of imidazole rings is 1. The molecule has 0 bridgehead atoms. The molecule has 2 aliphatic rings. The molecule has 2 aromatic rings. The van der Waals surface area contributed by atoms with Crippen molar-refractivity contribution < 1.29 is 8.42 Å². The van der Waals surface area contributed by atoms with Gasteiger partial charge in [-0.05, 0) is 25.7 Å². The maximum atomic E-state index is 12.8. The Morgan fingerprint density at radius 1 is 1.04 bits per heavy atom. The highest BCUT2D eigenvalue weighted by atomic mass is 32.2. The molecule has 2 unspecified atom stereocenters. The van der Waals surface area contributed by atoms with Crippen LogP contribution in [0.4, 0.5) is 5.82 Å². The van der Waals surface area contributed by atoms with Crippen LogP contribution in [0.2, 0.25) is 0 Å².